The zero-order chi connectivity index (χ0) is 11.5. The summed E-state index contributed by atoms with van der Waals surface area (Å²) >= 11 is 7.86. The normalized spacial score (nSPS) is 25.1. The largest absolute Gasteiger partial charge is 0.334 e. The monoisotopic (exact) mass is 254 g/mol. The summed E-state index contributed by atoms with van der Waals surface area (Å²) in [7, 11) is 0. The predicted molar refractivity (Wildman–Crippen MR) is 73.6 cm³/mol. The summed E-state index contributed by atoms with van der Waals surface area (Å²) in [5.74, 6) is 0. The molecule has 1 heterocycles. The Morgan fingerprint density at radius 2 is 2.12 bits per heavy atom. The van der Waals surface area contributed by atoms with Gasteiger partial charge in [-0.2, -0.15) is 0 Å². The Labute approximate surface area is 105 Å². The first kappa shape index (κ1) is 11.8. The molecule has 0 aromatic heterocycles. The fourth-order valence-corrected chi connectivity index (χ4v) is 3.09. The van der Waals surface area contributed by atoms with Crippen LogP contribution in [0.5, 0.6) is 0 Å². The van der Waals surface area contributed by atoms with Gasteiger partial charge in [0.2, 0.25) is 0 Å². The lowest BCUT2D eigenvalue weighted by Gasteiger charge is -2.23. The van der Waals surface area contributed by atoms with E-state index < -0.39 is 0 Å². The predicted octanol–water partition coefficient (Wildman–Crippen LogP) is 4.02. The van der Waals surface area contributed by atoms with Crippen molar-refractivity contribution in [3.8, 4) is 0 Å². The molecular weight excluding hydrogens is 240 g/mol. The van der Waals surface area contributed by atoms with Crippen LogP contribution in [0.25, 0.3) is 0 Å². The summed E-state index contributed by atoms with van der Waals surface area (Å²) in [5.41, 5.74) is 0.928. The number of halogens is 1. The fraction of sp³-hybridized carbons (Fsp3) is 0.417. The van der Waals surface area contributed by atoms with Gasteiger partial charge in [-0.3, -0.25) is 4.99 Å². The minimum absolute atomic E-state index is 0.390. The van der Waals surface area contributed by atoms with Gasteiger partial charge in [-0.25, -0.2) is 0 Å². The Morgan fingerprint density at radius 1 is 1.38 bits per heavy atom. The first-order valence-corrected chi connectivity index (χ1v) is 6.67. The van der Waals surface area contributed by atoms with Gasteiger partial charge in [0.1, 0.15) is 0 Å². The van der Waals surface area contributed by atoms with E-state index in [9.17, 15) is 0 Å². The number of anilines is 1. The average molecular weight is 255 g/mol. The molecule has 2 nitrogen and oxygen atoms in total. The van der Waals surface area contributed by atoms with E-state index in [1.807, 2.05) is 24.3 Å². The second-order valence-corrected chi connectivity index (χ2v) is 5.89. The first-order chi connectivity index (χ1) is 7.65. The molecule has 0 saturated carbocycles. The number of amidine groups is 1. The number of nitrogens with one attached hydrogen (secondary N) is 1. The van der Waals surface area contributed by atoms with Gasteiger partial charge < -0.3 is 5.32 Å². The maximum Gasteiger partial charge on any atom is 0.161 e. The third-order valence-corrected chi connectivity index (χ3v) is 3.79. The number of nitrogens with zero attached hydrogens (tertiary/aromatic N) is 1. The number of hydrogen-bond donors (Lipinski definition) is 1. The highest BCUT2D eigenvalue weighted by Gasteiger charge is 2.18. The zero-order valence-electron chi connectivity index (χ0n) is 9.40. The summed E-state index contributed by atoms with van der Waals surface area (Å²) in [6, 6.07) is 8.13. The Hall–Kier alpha value is -0.670. The smallest absolute Gasteiger partial charge is 0.161 e. The van der Waals surface area contributed by atoms with Crippen molar-refractivity contribution in [2.24, 2.45) is 4.99 Å². The van der Waals surface area contributed by atoms with Crippen LogP contribution in [-0.4, -0.2) is 16.5 Å². The van der Waals surface area contributed by atoms with Crippen molar-refractivity contribution in [3.05, 3.63) is 29.3 Å². The SMILES string of the molecule is CC1CC(C)SC(Nc2ccccc2Cl)=N1. The van der Waals surface area contributed by atoms with Crippen molar-refractivity contribution in [2.75, 3.05) is 5.32 Å². The molecule has 16 heavy (non-hydrogen) atoms. The number of thioether (sulfide) groups is 1. The number of rotatable bonds is 1. The maximum atomic E-state index is 6.09. The van der Waals surface area contributed by atoms with Gasteiger partial charge in [-0.05, 0) is 25.5 Å². The lowest BCUT2D eigenvalue weighted by Crippen LogP contribution is -2.22. The highest BCUT2D eigenvalue weighted by atomic mass is 35.5. The topological polar surface area (TPSA) is 24.4 Å². The average Bonchev–Trinajstić information content (AvgIpc) is 2.20. The van der Waals surface area contributed by atoms with Crippen LogP contribution in [0.15, 0.2) is 29.3 Å². The van der Waals surface area contributed by atoms with Crippen molar-refractivity contribution in [1.82, 2.24) is 0 Å². The van der Waals surface area contributed by atoms with Crippen LogP contribution >= 0.6 is 23.4 Å². The van der Waals surface area contributed by atoms with Crippen molar-refractivity contribution >= 4 is 34.2 Å². The molecule has 0 fully saturated rings. The van der Waals surface area contributed by atoms with Crippen LogP contribution < -0.4 is 5.32 Å². The summed E-state index contributed by atoms with van der Waals surface area (Å²) in [4.78, 5) is 4.58. The van der Waals surface area contributed by atoms with Crippen LogP contribution in [0.1, 0.15) is 20.3 Å². The van der Waals surface area contributed by atoms with E-state index >= 15 is 0 Å². The second kappa shape index (κ2) is 5.11. The molecule has 1 aromatic carbocycles. The molecule has 2 atom stereocenters. The van der Waals surface area contributed by atoms with Crippen molar-refractivity contribution in [2.45, 2.75) is 31.6 Å². The molecule has 2 rings (SSSR count). The van der Waals surface area contributed by atoms with Gasteiger partial charge in [0, 0.05) is 5.25 Å². The molecule has 0 spiro atoms. The molecule has 1 aliphatic heterocycles. The highest BCUT2D eigenvalue weighted by molar-refractivity contribution is 8.14. The Balaban J connectivity index is 2.13. The number of benzene rings is 1. The molecular formula is C12H15ClN2S. The number of hydrogen-bond acceptors (Lipinski definition) is 3. The molecule has 86 valence electrons. The van der Waals surface area contributed by atoms with Gasteiger partial charge >= 0.3 is 0 Å². The Bertz CT molecular complexity index is 406. The molecule has 1 N–H and O–H groups in total. The first-order valence-electron chi connectivity index (χ1n) is 5.41. The van der Waals surface area contributed by atoms with Crippen LogP contribution in [0.3, 0.4) is 0 Å². The Morgan fingerprint density at radius 3 is 2.81 bits per heavy atom. The van der Waals surface area contributed by atoms with Crippen molar-refractivity contribution < 1.29 is 0 Å². The minimum Gasteiger partial charge on any atom is -0.334 e. The van der Waals surface area contributed by atoms with Gasteiger partial charge in [0.15, 0.2) is 5.17 Å². The van der Waals surface area contributed by atoms with Crippen LogP contribution in [-0.2, 0) is 0 Å². The molecule has 2 unspecified atom stereocenters. The highest BCUT2D eigenvalue weighted by Crippen LogP contribution is 2.28. The molecule has 0 amide bonds. The van der Waals surface area contributed by atoms with Gasteiger partial charge in [0.25, 0.3) is 0 Å². The van der Waals surface area contributed by atoms with E-state index in [4.69, 9.17) is 11.6 Å². The third-order valence-electron chi connectivity index (χ3n) is 2.44. The fourth-order valence-electron chi connectivity index (χ4n) is 1.74. The number of para-hydroxylation sites is 1. The van der Waals surface area contributed by atoms with Crippen molar-refractivity contribution in [1.29, 1.82) is 0 Å². The van der Waals surface area contributed by atoms with E-state index in [2.05, 4.69) is 24.2 Å². The van der Waals surface area contributed by atoms with Crippen molar-refractivity contribution in [3.63, 3.8) is 0 Å². The minimum atomic E-state index is 0.390. The molecule has 1 aliphatic rings. The Kier molecular flexibility index (Phi) is 3.77. The molecule has 0 aliphatic carbocycles. The lowest BCUT2D eigenvalue weighted by molar-refractivity contribution is 0.661. The molecule has 1 aromatic rings. The zero-order valence-corrected chi connectivity index (χ0v) is 11.0. The summed E-state index contributed by atoms with van der Waals surface area (Å²) < 4.78 is 0. The van der Waals surface area contributed by atoms with E-state index in [1.165, 1.54) is 0 Å². The van der Waals surface area contributed by atoms with E-state index in [0.29, 0.717) is 11.3 Å². The van der Waals surface area contributed by atoms with E-state index in [-0.39, 0.29) is 0 Å². The summed E-state index contributed by atoms with van der Waals surface area (Å²) in [6.07, 6.45) is 1.14. The quantitative estimate of drug-likeness (QED) is 0.819. The van der Waals surface area contributed by atoms with E-state index in [0.717, 1.165) is 22.3 Å². The standard InChI is InChI=1S/C12H15ClN2S/c1-8-7-9(2)16-12(14-8)15-11-6-4-3-5-10(11)13/h3-6,8-9H,7H2,1-2H3,(H,14,15). The molecule has 4 heteroatoms. The van der Waals surface area contributed by atoms with Gasteiger partial charge in [-0.1, -0.05) is 42.4 Å². The molecule has 0 bridgehead atoms. The van der Waals surface area contributed by atoms with Crippen LogP contribution in [0, 0.1) is 0 Å². The van der Waals surface area contributed by atoms with Crippen LogP contribution in [0.2, 0.25) is 5.02 Å². The lowest BCUT2D eigenvalue weighted by atomic mass is 10.2. The summed E-state index contributed by atoms with van der Waals surface area (Å²) in [5, 5.41) is 5.60. The number of aliphatic imine (C=N–C) groups is 1. The maximum absolute atomic E-state index is 6.09. The summed E-state index contributed by atoms with van der Waals surface area (Å²) in [6.45, 7) is 4.37. The third kappa shape index (κ3) is 2.92. The molecule has 0 saturated heterocycles. The van der Waals surface area contributed by atoms with Crippen LogP contribution in [0.4, 0.5) is 5.69 Å². The van der Waals surface area contributed by atoms with E-state index in [1.54, 1.807) is 11.8 Å². The molecule has 0 radical (unpaired) electrons. The second-order valence-electron chi connectivity index (χ2n) is 4.05. The van der Waals surface area contributed by atoms with Gasteiger partial charge in [0.05, 0.1) is 16.8 Å². The van der Waals surface area contributed by atoms with Gasteiger partial charge in [-0.15, -0.1) is 0 Å².